The molecular formula is C10H19N3O. The van der Waals surface area contributed by atoms with Gasteiger partial charge in [-0.2, -0.15) is 5.26 Å². The Balaban J connectivity index is 2.51. The Kier molecular flexibility index (Phi) is 4.33. The third-order valence-electron chi connectivity index (χ3n) is 2.69. The maximum atomic E-state index is 8.94. The Labute approximate surface area is 85.6 Å². The predicted molar refractivity (Wildman–Crippen MR) is 54.7 cm³/mol. The Morgan fingerprint density at radius 3 is 2.93 bits per heavy atom. The molecule has 0 amide bonds. The van der Waals surface area contributed by atoms with Crippen LogP contribution in [0.4, 0.5) is 0 Å². The highest BCUT2D eigenvalue weighted by molar-refractivity contribution is 4.93. The van der Waals surface area contributed by atoms with Gasteiger partial charge in [0, 0.05) is 19.1 Å². The van der Waals surface area contributed by atoms with Crippen LogP contribution in [0.3, 0.4) is 0 Å². The van der Waals surface area contributed by atoms with Gasteiger partial charge < -0.3 is 10.5 Å². The smallest absolute Gasteiger partial charge is 0.0976 e. The lowest BCUT2D eigenvalue weighted by Gasteiger charge is -2.36. The van der Waals surface area contributed by atoms with Gasteiger partial charge in [-0.15, -0.1) is 0 Å². The minimum atomic E-state index is 0.0140. The monoisotopic (exact) mass is 197 g/mol. The molecule has 3 unspecified atom stereocenters. The van der Waals surface area contributed by atoms with Gasteiger partial charge in [0.15, 0.2) is 0 Å². The van der Waals surface area contributed by atoms with Crippen LogP contribution >= 0.6 is 0 Å². The second-order valence-corrected chi connectivity index (χ2v) is 3.82. The van der Waals surface area contributed by atoms with E-state index in [2.05, 4.69) is 11.0 Å². The number of ether oxygens (including phenoxy) is 1. The van der Waals surface area contributed by atoms with Crippen molar-refractivity contribution in [1.82, 2.24) is 4.90 Å². The summed E-state index contributed by atoms with van der Waals surface area (Å²) in [6, 6.07) is 2.36. The molecule has 1 aliphatic heterocycles. The highest BCUT2D eigenvalue weighted by Crippen LogP contribution is 2.12. The summed E-state index contributed by atoms with van der Waals surface area (Å²) >= 11 is 0. The summed E-state index contributed by atoms with van der Waals surface area (Å²) in [4.78, 5) is 2.16. The lowest BCUT2D eigenvalue weighted by Crippen LogP contribution is -2.52. The number of rotatable bonds is 3. The van der Waals surface area contributed by atoms with E-state index in [1.165, 1.54) is 0 Å². The first-order valence-electron chi connectivity index (χ1n) is 5.19. The van der Waals surface area contributed by atoms with E-state index in [4.69, 9.17) is 15.7 Å². The molecule has 0 aliphatic carbocycles. The van der Waals surface area contributed by atoms with E-state index in [0.717, 1.165) is 19.5 Å². The number of nitriles is 1. The molecule has 0 aromatic heterocycles. The van der Waals surface area contributed by atoms with E-state index < -0.39 is 0 Å². The SMILES string of the molecule is CCC(C#N)N1CCOC(C(C)N)C1. The molecule has 2 N–H and O–H groups in total. The van der Waals surface area contributed by atoms with Gasteiger partial charge in [-0.05, 0) is 13.3 Å². The van der Waals surface area contributed by atoms with E-state index in [9.17, 15) is 0 Å². The van der Waals surface area contributed by atoms with Crippen molar-refractivity contribution in [3.05, 3.63) is 0 Å². The second-order valence-electron chi connectivity index (χ2n) is 3.82. The quantitative estimate of drug-likeness (QED) is 0.708. The van der Waals surface area contributed by atoms with Crippen LogP contribution in [-0.4, -0.2) is 42.8 Å². The minimum absolute atomic E-state index is 0.0140. The van der Waals surface area contributed by atoms with Crippen LogP contribution in [0.2, 0.25) is 0 Å². The maximum Gasteiger partial charge on any atom is 0.0976 e. The Morgan fingerprint density at radius 1 is 1.71 bits per heavy atom. The summed E-state index contributed by atoms with van der Waals surface area (Å²) < 4.78 is 5.53. The second kappa shape index (κ2) is 5.30. The van der Waals surface area contributed by atoms with Gasteiger partial charge in [0.1, 0.15) is 0 Å². The Bertz CT molecular complexity index is 212. The van der Waals surface area contributed by atoms with Crippen LogP contribution in [0, 0.1) is 11.3 Å². The number of hydrogen-bond donors (Lipinski definition) is 1. The number of nitrogens with two attached hydrogens (primary N) is 1. The fraction of sp³-hybridized carbons (Fsp3) is 0.900. The summed E-state index contributed by atoms with van der Waals surface area (Å²) in [5.41, 5.74) is 5.78. The first-order chi connectivity index (χ1) is 6.69. The minimum Gasteiger partial charge on any atom is -0.374 e. The first-order valence-corrected chi connectivity index (χ1v) is 5.19. The molecular weight excluding hydrogens is 178 g/mol. The highest BCUT2D eigenvalue weighted by atomic mass is 16.5. The van der Waals surface area contributed by atoms with E-state index in [0.29, 0.717) is 6.61 Å². The van der Waals surface area contributed by atoms with Gasteiger partial charge >= 0.3 is 0 Å². The van der Waals surface area contributed by atoms with Crippen molar-refractivity contribution in [2.45, 2.75) is 38.5 Å². The molecule has 4 heteroatoms. The van der Waals surface area contributed by atoms with Gasteiger partial charge in [-0.1, -0.05) is 6.92 Å². The van der Waals surface area contributed by atoms with Crippen molar-refractivity contribution in [1.29, 1.82) is 5.26 Å². The highest BCUT2D eigenvalue weighted by Gasteiger charge is 2.27. The average molecular weight is 197 g/mol. The number of morpholine rings is 1. The zero-order valence-corrected chi connectivity index (χ0v) is 8.94. The predicted octanol–water partition coefficient (Wildman–Crippen LogP) is 0.337. The van der Waals surface area contributed by atoms with Gasteiger partial charge in [0.2, 0.25) is 0 Å². The van der Waals surface area contributed by atoms with Crippen molar-refractivity contribution >= 4 is 0 Å². The summed E-state index contributed by atoms with van der Waals surface area (Å²) in [5, 5.41) is 8.94. The molecule has 0 radical (unpaired) electrons. The van der Waals surface area contributed by atoms with Crippen LogP contribution in [0.25, 0.3) is 0 Å². The Hall–Kier alpha value is -0.630. The van der Waals surface area contributed by atoms with Crippen LogP contribution in [0.1, 0.15) is 20.3 Å². The van der Waals surface area contributed by atoms with E-state index in [1.807, 2.05) is 13.8 Å². The van der Waals surface area contributed by atoms with Crippen LogP contribution < -0.4 is 5.73 Å². The normalized spacial score (nSPS) is 28.0. The van der Waals surface area contributed by atoms with Gasteiger partial charge in [0.05, 0.1) is 24.8 Å². The largest absolute Gasteiger partial charge is 0.374 e. The average Bonchev–Trinajstić information content (AvgIpc) is 2.20. The fourth-order valence-electron chi connectivity index (χ4n) is 1.73. The molecule has 0 saturated carbocycles. The molecule has 3 atom stereocenters. The summed E-state index contributed by atoms with van der Waals surface area (Å²) in [5.74, 6) is 0. The molecule has 1 aliphatic rings. The molecule has 1 fully saturated rings. The molecule has 1 saturated heterocycles. The molecule has 80 valence electrons. The summed E-state index contributed by atoms with van der Waals surface area (Å²) in [6.07, 6.45) is 0.938. The first kappa shape index (κ1) is 11.4. The summed E-state index contributed by atoms with van der Waals surface area (Å²) in [6.45, 7) is 6.29. The van der Waals surface area contributed by atoms with Crippen LogP contribution in [0.5, 0.6) is 0 Å². The van der Waals surface area contributed by atoms with Crippen molar-refractivity contribution in [2.24, 2.45) is 5.73 Å². The van der Waals surface area contributed by atoms with Crippen molar-refractivity contribution in [3.63, 3.8) is 0 Å². The number of hydrogen-bond acceptors (Lipinski definition) is 4. The van der Waals surface area contributed by atoms with Gasteiger partial charge in [0.25, 0.3) is 0 Å². The molecule has 4 nitrogen and oxygen atoms in total. The Morgan fingerprint density at radius 2 is 2.43 bits per heavy atom. The van der Waals surface area contributed by atoms with E-state index in [1.54, 1.807) is 0 Å². The number of nitrogens with zero attached hydrogens (tertiary/aromatic N) is 2. The molecule has 0 aromatic carbocycles. The summed E-state index contributed by atoms with van der Waals surface area (Å²) in [7, 11) is 0. The van der Waals surface area contributed by atoms with Crippen molar-refractivity contribution < 1.29 is 4.74 Å². The third kappa shape index (κ3) is 2.68. The molecule has 0 bridgehead atoms. The lowest BCUT2D eigenvalue weighted by atomic mass is 10.1. The molecule has 1 heterocycles. The molecule has 14 heavy (non-hydrogen) atoms. The fourth-order valence-corrected chi connectivity index (χ4v) is 1.73. The topological polar surface area (TPSA) is 62.3 Å². The van der Waals surface area contributed by atoms with Gasteiger partial charge in [-0.25, -0.2) is 0 Å². The molecule has 0 aromatic rings. The van der Waals surface area contributed by atoms with Crippen molar-refractivity contribution in [3.8, 4) is 6.07 Å². The van der Waals surface area contributed by atoms with Crippen molar-refractivity contribution in [2.75, 3.05) is 19.7 Å². The molecule has 1 rings (SSSR count). The van der Waals surface area contributed by atoms with E-state index in [-0.39, 0.29) is 18.2 Å². The van der Waals surface area contributed by atoms with Gasteiger partial charge in [-0.3, -0.25) is 4.90 Å². The zero-order valence-electron chi connectivity index (χ0n) is 8.94. The maximum absolute atomic E-state index is 8.94. The third-order valence-corrected chi connectivity index (χ3v) is 2.69. The lowest BCUT2D eigenvalue weighted by molar-refractivity contribution is -0.0452. The standard InChI is InChI=1S/C10H19N3O/c1-3-9(6-11)13-4-5-14-10(7-13)8(2)12/h8-10H,3-5,7,12H2,1-2H3. The zero-order chi connectivity index (χ0) is 10.6. The van der Waals surface area contributed by atoms with Crippen LogP contribution in [-0.2, 0) is 4.74 Å². The molecule has 0 spiro atoms. The van der Waals surface area contributed by atoms with E-state index >= 15 is 0 Å². The van der Waals surface area contributed by atoms with Crippen LogP contribution in [0.15, 0.2) is 0 Å².